The van der Waals surface area contributed by atoms with Crippen molar-refractivity contribution in [2.75, 3.05) is 39.7 Å². The number of amides is 2. The number of rotatable bonds is 9. The van der Waals surface area contributed by atoms with Crippen molar-refractivity contribution >= 4 is 17.5 Å². The maximum Gasteiger partial charge on any atom is 0.251 e. The number of hydrogen-bond donors (Lipinski definition) is 2. The van der Waals surface area contributed by atoms with Crippen molar-refractivity contribution < 1.29 is 19.1 Å². The van der Waals surface area contributed by atoms with Gasteiger partial charge in [0.1, 0.15) is 0 Å². The molecule has 7 nitrogen and oxygen atoms in total. The smallest absolute Gasteiger partial charge is 0.251 e. The molecule has 0 saturated heterocycles. The van der Waals surface area contributed by atoms with Crippen molar-refractivity contribution in [1.82, 2.24) is 10.2 Å². The number of ether oxygens (including phenoxy) is 2. The van der Waals surface area contributed by atoms with Gasteiger partial charge in [-0.2, -0.15) is 0 Å². The molecule has 2 rings (SSSR count). The Bertz CT molecular complexity index is 823. The molecule has 28 heavy (non-hydrogen) atoms. The Balaban J connectivity index is 1.98. The zero-order valence-corrected chi connectivity index (χ0v) is 16.7. The van der Waals surface area contributed by atoms with Gasteiger partial charge in [0.2, 0.25) is 5.91 Å². The summed E-state index contributed by atoms with van der Waals surface area (Å²) in [6.07, 6.45) is 0. The van der Waals surface area contributed by atoms with Crippen molar-refractivity contribution in [1.29, 1.82) is 0 Å². The fourth-order valence-electron chi connectivity index (χ4n) is 2.87. The molecule has 0 aliphatic carbocycles. The van der Waals surface area contributed by atoms with Gasteiger partial charge < -0.3 is 20.1 Å². The van der Waals surface area contributed by atoms with Crippen molar-refractivity contribution in [3.05, 3.63) is 53.6 Å². The molecule has 0 heterocycles. The Labute approximate surface area is 165 Å². The molecule has 150 valence electrons. The number of likely N-dealkylation sites (N-methyl/N-ethyl adjacent to an activating group) is 1. The molecule has 0 unspecified atom stereocenters. The fourth-order valence-corrected chi connectivity index (χ4v) is 2.87. The van der Waals surface area contributed by atoms with Crippen LogP contribution in [-0.2, 0) is 11.3 Å². The lowest BCUT2D eigenvalue weighted by Crippen LogP contribution is -2.30. The monoisotopic (exact) mass is 385 g/mol. The molecule has 0 fully saturated rings. The number of hydrogen-bond acceptors (Lipinski definition) is 5. The third kappa shape index (κ3) is 5.72. The number of benzene rings is 2. The van der Waals surface area contributed by atoms with E-state index in [9.17, 15) is 9.59 Å². The highest BCUT2D eigenvalue weighted by atomic mass is 16.5. The summed E-state index contributed by atoms with van der Waals surface area (Å²) >= 11 is 0. The highest BCUT2D eigenvalue weighted by Gasteiger charge is 2.14. The Morgan fingerprint density at radius 1 is 1.07 bits per heavy atom. The van der Waals surface area contributed by atoms with Crippen LogP contribution in [0.3, 0.4) is 0 Å². The van der Waals surface area contributed by atoms with Crippen LogP contribution in [0.25, 0.3) is 0 Å². The van der Waals surface area contributed by atoms with Gasteiger partial charge in [0.15, 0.2) is 11.5 Å². The predicted molar refractivity (Wildman–Crippen MR) is 109 cm³/mol. The molecule has 0 radical (unpaired) electrons. The minimum atomic E-state index is -0.169. The Kier molecular flexibility index (Phi) is 7.83. The molecular formula is C21H27N3O4. The normalized spacial score (nSPS) is 10.5. The summed E-state index contributed by atoms with van der Waals surface area (Å²) in [7, 11) is 5.03. The van der Waals surface area contributed by atoms with Gasteiger partial charge >= 0.3 is 0 Å². The van der Waals surface area contributed by atoms with Crippen LogP contribution in [0.5, 0.6) is 11.5 Å². The van der Waals surface area contributed by atoms with Crippen molar-refractivity contribution in [3.8, 4) is 11.5 Å². The number of carbonyl (C=O) groups is 2. The van der Waals surface area contributed by atoms with Gasteiger partial charge in [-0.25, -0.2) is 0 Å². The van der Waals surface area contributed by atoms with Crippen LogP contribution in [0.4, 0.5) is 5.69 Å². The largest absolute Gasteiger partial charge is 0.493 e. The van der Waals surface area contributed by atoms with Gasteiger partial charge in [0.25, 0.3) is 5.91 Å². The van der Waals surface area contributed by atoms with E-state index in [4.69, 9.17) is 9.47 Å². The lowest BCUT2D eigenvalue weighted by molar-refractivity contribution is -0.117. The molecule has 2 aromatic rings. The molecule has 0 spiro atoms. The lowest BCUT2D eigenvalue weighted by Gasteiger charge is -2.19. The second-order valence-corrected chi connectivity index (χ2v) is 6.31. The summed E-state index contributed by atoms with van der Waals surface area (Å²) in [4.78, 5) is 26.2. The van der Waals surface area contributed by atoms with Crippen molar-refractivity contribution in [2.24, 2.45) is 0 Å². The van der Waals surface area contributed by atoms with E-state index in [1.807, 2.05) is 37.1 Å². The zero-order chi connectivity index (χ0) is 20.5. The molecule has 2 amide bonds. The maximum absolute atomic E-state index is 12.4. The summed E-state index contributed by atoms with van der Waals surface area (Å²) in [5, 5.41) is 5.57. The molecule has 0 aromatic heterocycles. The second-order valence-electron chi connectivity index (χ2n) is 6.31. The van der Waals surface area contributed by atoms with E-state index in [-0.39, 0.29) is 18.4 Å². The summed E-state index contributed by atoms with van der Waals surface area (Å²) in [6.45, 7) is 3.11. The number of carbonyl (C=O) groups excluding carboxylic acids is 2. The van der Waals surface area contributed by atoms with Gasteiger partial charge in [0, 0.05) is 29.9 Å². The standard InChI is InChI=1S/C21H27N3O4/c1-5-22-21(26)15-8-6-10-17(12-15)23-19(25)14-24(2)13-16-9-7-11-18(27-3)20(16)28-4/h6-12H,5,13-14H2,1-4H3,(H,22,26)(H,23,25). The summed E-state index contributed by atoms with van der Waals surface area (Å²) in [5.74, 6) is 0.977. The highest BCUT2D eigenvalue weighted by Crippen LogP contribution is 2.31. The van der Waals surface area contributed by atoms with Crippen LogP contribution in [0.15, 0.2) is 42.5 Å². The molecule has 7 heteroatoms. The third-order valence-electron chi connectivity index (χ3n) is 4.08. The van der Waals surface area contributed by atoms with Crippen LogP contribution < -0.4 is 20.1 Å². The number of para-hydroxylation sites is 1. The first-order chi connectivity index (χ1) is 13.5. The molecule has 0 saturated carbocycles. The minimum absolute atomic E-state index is 0.166. The third-order valence-corrected chi connectivity index (χ3v) is 4.08. The summed E-state index contributed by atoms with van der Waals surface area (Å²) in [5.41, 5.74) is 2.02. The van der Waals surface area contributed by atoms with Crippen LogP contribution in [0, 0.1) is 0 Å². The van der Waals surface area contributed by atoms with Crippen LogP contribution in [-0.4, -0.2) is 51.1 Å². The molecule has 0 bridgehead atoms. The number of methoxy groups -OCH3 is 2. The molecule has 0 aliphatic rings. The van der Waals surface area contributed by atoms with Crippen LogP contribution >= 0.6 is 0 Å². The number of nitrogens with one attached hydrogen (secondary N) is 2. The van der Waals surface area contributed by atoms with Crippen molar-refractivity contribution in [3.63, 3.8) is 0 Å². The first-order valence-electron chi connectivity index (χ1n) is 9.05. The van der Waals surface area contributed by atoms with Crippen LogP contribution in [0.1, 0.15) is 22.8 Å². The maximum atomic E-state index is 12.4. The number of nitrogens with zero attached hydrogens (tertiary/aromatic N) is 1. The fraction of sp³-hybridized carbons (Fsp3) is 0.333. The molecule has 0 atom stereocenters. The predicted octanol–water partition coefficient (Wildman–Crippen LogP) is 2.52. The molecule has 2 N–H and O–H groups in total. The van der Waals surface area contributed by atoms with E-state index >= 15 is 0 Å². The quantitative estimate of drug-likeness (QED) is 0.693. The van der Waals surface area contributed by atoms with E-state index < -0.39 is 0 Å². The molecule has 0 aliphatic heterocycles. The Hall–Kier alpha value is -3.06. The topological polar surface area (TPSA) is 79.9 Å². The van der Waals surface area contributed by atoms with Gasteiger partial charge in [-0.15, -0.1) is 0 Å². The second kappa shape index (κ2) is 10.3. The first-order valence-corrected chi connectivity index (χ1v) is 9.05. The van der Waals surface area contributed by atoms with Gasteiger partial charge in [-0.1, -0.05) is 18.2 Å². The molecule has 2 aromatic carbocycles. The first kappa shape index (κ1) is 21.2. The Morgan fingerprint density at radius 3 is 2.50 bits per heavy atom. The summed E-state index contributed by atoms with van der Waals surface area (Å²) in [6, 6.07) is 12.5. The minimum Gasteiger partial charge on any atom is -0.493 e. The Morgan fingerprint density at radius 2 is 1.82 bits per heavy atom. The molecular weight excluding hydrogens is 358 g/mol. The van der Waals surface area contributed by atoms with E-state index in [2.05, 4.69) is 10.6 Å². The van der Waals surface area contributed by atoms with E-state index in [1.54, 1.807) is 38.5 Å². The average molecular weight is 385 g/mol. The summed E-state index contributed by atoms with van der Waals surface area (Å²) < 4.78 is 10.7. The van der Waals surface area contributed by atoms with Gasteiger partial charge in [-0.05, 0) is 38.2 Å². The van der Waals surface area contributed by atoms with E-state index in [1.165, 1.54) is 0 Å². The van der Waals surface area contributed by atoms with E-state index in [0.717, 1.165) is 5.56 Å². The van der Waals surface area contributed by atoms with Crippen LogP contribution in [0.2, 0.25) is 0 Å². The van der Waals surface area contributed by atoms with Crippen molar-refractivity contribution in [2.45, 2.75) is 13.5 Å². The average Bonchev–Trinajstić information content (AvgIpc) is 2.67. The number of anilines is 1. The highest BCUT2D eigenvalue weighted by molar-refractivity contribution is 5.97. The van der Waals surface area contributed by atoms with Gasteiger partial charge in [-0.3, -0.25) is 14.5 Å². The SMILES string of the molecule is CCNC(=O)c1cccc(NC(=O)CN(C)Cc2cccc(OC)c2OC)c1. The van der Waals surface area contributed by atoms with Gasteiger partial charge in [0.05, 0.1) is 20.8 Å². The lowest BCUT2D eigenvalue weighted by atomic mass is 10.1. The zero-order valence-electron chi connectivity index (χ0n) is 16.7. The van der Waals surface area contributed by atoms with E-state index in [0.29, 0.717) is 35.8 Å².